The summed E-state index contributed by atoms with van der Waals surface area (Å²) >= 11 is 3.42. The van der Waals surface area contributed by atoms with E-state index in [4.69, 9.17) is 0 Å². The van der Waals surface area contributed by atoms with Gasteiger partial charge in [0.25, 0.3) is 0 Å². The molecule has 1 aliphatic heterocycles. The molecule has 0 saturated carbocycles. The molecule has 22 heavy (non-hydrogen) atoms. The highest BCUT2D eigenvalue weighted by atomic mass is 79.9. The van der Waals surface area contributed by atoms with Crippen molar-refractivity contribution in [3.8, 4) is 0 Å². The number of piperidine rings is 1. The maximum Gasteiger partial charge on any atom is 0.137 e. The maximum atomic E-state index is 14.2. The number of nitrogens with zero attached hydrogens (tertiary/aromatic N) is 1. The van der Waals surface area contributed by atoms with E-state index in [1.54, 1.807) is 0 Å². The molecule has 1 aromatic rings. The zero-order valence-electron chi connectivity index (χ0n) is 13.8. The molecule has 0 aromatic heterocycles. The molecule has 1 aromatic carbocycles. The van der Waals surface area contributed by atoms with E-state index in [9.17, 15) is 9.50 Å². The number of benzene rings is 1. The molecule has 0 radical (unpaired) electrons. The van der Waals surface area contributed by atoms with E-state index in [1.807, 2.05) is 6.07 Å². The van der Waals surface area contributed by atoms with Gasteiger partial charge in [0.15, 0.2) is 0 Å². The van der Waals surface area contributed by atoms with Gasteiger partial charge < -0.3 is 10.0 Å². The van der Waals surface area contributed by atoms with Gasteiger partial charge in [0.1, 0.15) is 11.4 Å². The van der Waals surface area contributed by atoms with Crippen molar-refractivity contribution < 1.29 is 9.50 Å². The number of hydrogen-bond donors (Lipinski definition) is 1. The number of rotatable bonds is 1. The van der Waals surface area contributed by atoms with Crippen LogP contribution in [0.3, 0.4) is 0 Å². The minimum Gasteiger partial charge on any atom is -0.384 e. The average Bonchev–Trinajstić information content (AvgIpc) is 2.67. The Kier molecular flexibility index (Phi) is 3.75. The van der Waals surface area contributed by atoms with Crippen molar-refractivity contribution in [1.82, 2.24) is 4.90 Å². The third-order valence-corrected chi connectivity index (χ3v) is 6.89. The summed E-state index contributed by atoms with van der Waals surface area (Å²) in [5.41, 5.74) is 0.281. The van der Waals surface area contributed by atoms with Gasteiger partial charge in [-0.05, 0) is 67.0 Å². The van der Waals surface area contributed by atoms with Crippen LogP contribution in [0.4, 0.5) is 4.39 Å². The van der Waals surface area contributed by atoms with Gasteiger partial charge in [-0.1, -0.05) is 26.8 Å². The molecule has 0 spiro atoms. The molecule has 1 unspecified atom stereocenters. The van der Waals surface area contributed by atoms with E-state index in [2.05, 4.69) is 48.6 Å². The van der Waals surface area contributed by atoms with Crippen LogP contribution in [-0.4, -0.2) is 30.1 Å². The first-order chi connectivity index (χ1) is 10.1. The van der Waals surface area contributed by atoms with Gasteiger partial charge in [0, 0.05) is 16.4 Å². The van der Waals surface area contributed by atoms with Crippen molar-refractivity contribution in [2.75, 3.05) is 20.1 Å². The van der Waals surface area contributed by atoms with Crippen molar-refractivity contribution in [3.05, 3.63) is 33.5 Å². The van der Waals surface area contributed by atoms with Crippen LogP contribution >= 0.6 is 15.9 Å². The largest absolute Gasteiger partial charge is 0.384 e. The van der Waals surface area contributed by atoms with Gasteiger partial charge in [0.2, 0.25) is 0 Å². The second-order valence-electron chi connectivity index (χ2n) is 8.03. The van der Waals surface area contributed by atoms with Crippen molar-refractivity contribution in [1.29, 1.82) is 0 Å². The van der Waals surface area contributed by atoms with Crippen molar-refractivity contribution in [3.63, 3.8) is 0 Å². The fraction of sp³-hybridized carbons (Fsp3) is 0.667. The lowest BCUT2D eigenvalue weighted by atomic mass is 9.57. The first kappa shape index (κ1) is 16.4. The lowest BCUT2D eigenvalue weighted by Gasteiger charge is -2.54. The average molecular weight is 370 g/mol. The summed E-state index contributed by atoms with van der Waals surface area (Å²) in [6, 6.07) is 3.34. The fourth-order valence-corrected chi connectivity index (χ4v) is 5.34. The molecule has 1 heterocycles. The Hall–Kier alpha value is -0.450. The Bertz CT molecular complexity index is 607. The minimum absolute atomic E-state index is 0.245. The Morgan fingerprint density at radius 3 is 2.36 bits per heavy atom. The SMILES string of the molecule is CN1CCC(C)(C2(O)c3c(ccc(F)c3Br)CC2(C)C)CC1. The van der Waals surface area contributed by atoms with Crippen LogP contribution in [0.25, 0.3) is 0 Å². The second-order valence-corrected chi connectivity index (χ2v) is 8.82. The highest BCUT2D eigenvalue weighted by Gasteiger charge is 2.62. The molecule has 1 atom stereocenters. The van der Waals surface area contributed by atoms with Crippen LogP contribution in [0, 0.1) is 16.6 Å². The number of likely N-dealkylation sites (tertiary alicyclic amines) is 1. The van der Waals surface area contributed by atoms with E-state index >= 15 is 0 Å². The van der Waals surface area contributed by atoms with Crippen LogP contribution in [-0.2, 0) is 12.0 Å². The predicted molar refractivity (Wildman–Crippen MR) is 90.3 cm³/mol. The summed E-state index contributed by atoms with van der Waals surface area (Å²) in [4.78, 5) is 2.30. The molecular formula is C18H25BrFNO. The zero-order chi connectivity index (χ0) is 16.3. The molecule has 1 fully saturated rings. The third kappa shape index (κ3) is 2.03. The summed E-state index contributed by atoms with van der Waals surface area (Å²) in [6.45, 7) is 8.34. The monoisotopic (exact) mass is 369 g/mol. The predicted octanol–water partition coefficient (Wildman–Crippen LogP) is 4.09. The molecule has 1 aliphatic carbocycles. The Balaban J connectivity index is 2.18. The summed E-state index contributed by atoms with van der Waals surface area (Å²) in [5.74, 6) is -0.286. The quantitative estimate of drug-likeness (QED) is 0.805. The highest BCUT2D eigenvalue weighted by molar-refractivity contribution is 9.10. The Morgan fingerprint density at radius 2 is 1.77 bits per heavy atom. The normalized spacial score (nSPS) is 30.3. The van der Waals surface area contributed by atoms with Gasteiger partial charge in [-0.2, -0.15) is 0 Å². The van der Waals surface area contributed by atoms with Crippen LogP contribution < -0.4 is 0 Å². The number of hydrogen-bond acceptors (Lipinski definition) is 2. The van der Waals surface area contributed by atoms with E-state index < -0.39 is 5.60 Å². The molecule has 4 heteroatoms. The Morgan fingerprint density at radius 1 is 1.18 bits per heavy atom. The smallest absolute Gasteiger partial charge is 0.137 e. The molecule has 1 saturated heterocycles. The first-order valence-electron chi connectivity index (χ1n) is 8.01. The van der Waals surface area contributed by atoms with Crippen molar-refractivity contribution >= 4 is 15.9 Å². The van der Waals surface area contributed by atoms with E-state index in [0.29, 0.717) is 4.47 Å². The van der Waals surface area contributed by atoms with Crippen LogP contribution in [0.2, 0.25) is 0 Å². The highest BCUT2D eigenvalue weighted by Crippen LogP contribution is 2.63. The topological polar surface area (TPSA) is 23.5 Å². The summed E-state index contributed by atoms with van der Waals surface area (Å²) in [6.07, 6.45) is 2.63. The molecule has 1 N–H and O–H groups in total. The molecule has 2 nitrogen and oxygen atoms in total. The standard InChI is InChI=1S/C18H25BrFNO/c1-16(2)11-12-5-6-13(20)15(19)14(12)18(16,22)17(3)7-9-21(4)10-8-17/h5-6,22H,7-11H2,1-4H3. The first-order valence-corrected chi connectivity index (χ1v) is 8.80. The molecule has 0 amide bonds. The van der Waals surface area contributed by atoms with Crippen LogP contribution in [0.5, 0.6) is 0 Å². The van der Waals surface area contributed by atoms with Crippen LogP contribution in [0.1, 0.15) is 44.7 Å². The molecular weight excluding hydrogens is 345 g/mol. The van der Waals surface area contributed by atoms with Gasteiger partial charge in [0.05, 0.1) is 4.47 Å². The summed E-state index contributed by atoms with van der Waals surface area (Å²) < 4.78 is 14.6. The summed E-state index contributed by atoms with van der Waals surface area (Å²) in [7, 11) is 2.12. The number of halogens is 2. The van der Waals surface area contributed by atoms with Gasteiger partial charge in [-0.3, -0.25) is 0 Å². The Labute approximate surface area is 140 Å². The van der Waals surface area contributed by atoms with Gasteiger partial charge in [-0.25, -0.2) is 4.39 Å². The molecule has 2 aliphatic rings. The van der Waals surface area contributed by atoms with Gasteiger partial charge in [-0.15, -0.1) is 0 Å². The van der Waals surface area contributed by atoms with E-state index in [1.165, 1.54) is 6.07 Å². The number of fused-ring (bicyclic) bond motifs is 1. The van der Waals surface area contributed by atoms with Crippen molar-refractivity contribution in [2.45, 2.75) is 45.6 Å². The minimum atomic E-state index is -1.02. The van der Waals surface area contributed by atoms with Crippen molar-refractivity contribution in [2.24, 2.45) is 10.8 Å². The van der Waals surface area contributed by atoms with Gasteiger partial charge >= 0.3 is 0 Å². The van der Waals surface area contributed by atoms with Crippen LogP contribution in [0.15, 0.2) is 16.6 Å². The molecule has 122 valence electrons. The fourth-order valence-electron chi connectivity index (χ4n) is 4.66. The summed E-state index contributed by atoms with van der Waals surface area (Å²) in [5, 5.41) is 11.9. The second kappa shape index (κ2) is 5.02. The molecule has 3 rings (SSSR count). The van der Waals surface area contributed by atoms with E-state index in [-0.39, 0.29) is 16.6 Å². The maximum absolute atomic E-state index is 14.2. The zero-order valence-corrected chi connectivity index (χ0v) is 15.4. The van der Waals surface area contributed by atoms with E-state index in [0.717, 1.165) is 43.5 Å². The number of aliphatic hydroxyl groups is 1. The molecule has 0 bridgehead atoms. The lowest BCUT2D eigenvalue weighted by molar-refractivity contribution is -0.172. The third-order valence-electron chi connectivity index (χ3n) is 6.12. The lowest BCUT2D eigenvalue weighted by Crippen LogP contribution is -2.55.